The lowest BCUT2D eigenvalue weighted by Gasteiger charge is -2.26. The fraction of sp³-hybridized carbons (Fsp3) is 0.429. The van der Waals surface area contributed by atoms with Gasteiger partial charge in [0.25, 0.3) is 0 Å². The first kappa shape index (κ1) is 13.0. The molecule has 0 aliphatic heterocycles. The van der Waals surface area contributed by atoms with E-state index in [0.29, 0.717) is 0 Å². The van der Waals surface area contributed by atoms with Crippen LogP contribution in [-0.2, 0) is 5.41 Å². The van der Waals surface area contributed by atoms with Crippen LogP contribution in [0.2, 0.25) is 0 Å². The average molecular weight is 231 g/mol. The average Bonchev–Trinajstić information content (AvgIpc) is 2.14. The van der Waals surface area contributed by atoms with Gasteiger partial charge in [-0.05, 0) is 42.0 Å². The molecular weight excluding hydrogens is 212 g/mol. The molecule has 2 heteroatoms. The van der Waals surface area contributed by atoms with E-state index in [9.17, 15) is 0 Å². The van der Waals surface area contributed by atoms with E-state index in [1.165, 1.54) is 16.7 Å². The van der Waals surface area contributed by atoms with E-state index in [2.05, 4.69) is 57.7 Å². The summed E-state index contributed by atoms with van der Waals surface area (Å²) >= 11 is 0. The molecule has 0 saturated heterocycles. The van der Waals surface area contributed by atoms with Crippen molar-refractivity contribution >= 4 is 16.6 Å². The van der Waals surface area contributed by atoms with Gasteiger partial charge in [-0.25, -0.2) is 0 Å². The summed E-state index contributed by atoms with van der Waals surface area (Å²) < 4.78 is 5.29. The Bertz CT molecular complexity index is 414. The molecule has 16 heavy (non-hydrogen) atoms. The van der Waals surface area contributed by atoms with Gasteiger partial charge in [-0.1, -0.05) is 33.4 Å². The van der Waals surface area contributed by atoms with Crippen molar-refractivity contribution in [3.05, 3.63) is 34.9 Å². The minimum atomic E-state index is 0.118. The first-order chi connectivity index (χ1) is 7.32. The van der Waals surface area contributed by atoms with Gasteiger partial charge in [0.05, 0.1) is 0 Å². The summed E-state index contributed by atoms with van der Waals surface area (Å²) in [6.07, 6.45) is 1.82. The Morgan fingerprint density at radius 2 is 1.88 bits per heavy atom. The zero-order chi connectivity index (χ0) is 12.5. The van der Waals surface area contributed by atoms with Gasteiger partial charge in [0.2, 0.25) is 0 Å². The van der Waals surface area contributed by atoms with Crippen LogP contribution in [-0.4, -0.2) is 10.5 Å². The second kappa shape index (κ2) is 4.46. The number of hydrogen-bond donors (Lipinski definition) is 0. The van der Waals surface area contributed by atoms with Crippen molar-refractivity contribution in [3.63, 3.8) is 0 Å². The monoisotopic (exact) mass is 231 g/mol. The largest absolute Gasteiger partial charge is 0.540 e. The topological polar surface area (TPSA) is 9.23 Å². The van der Waals surface area contributed by atoms with Crippen LogP contribution in [0.3, 0.4) is 0 Å². The molecule has 0 bridgehead atoms. The molecular formula is C14H19OSi. The number of rotatable bonds is 2. The lowest BCUT2D eigenvalue weighted by Crippen LogP contribution is -2.16. The second-order valence-electron chi connectivity index (χ2n) is 5.17. The third-order valence-corrected chi connectivity index (χ3v) is 3.02. The number of benzene rings is 1. The molecule has 1 aromatic rings. The standard InChI is InChI=1S/C14H19OSi/c1-7-11-8-9(2)12(14(4,5)6)10(3)13(11)15-16/h7-8H,1H2,2-6H3. The third kappa shape index (κ3) is 2.22. The minimum Gasteiger partial charge on any atom is -0.540 e. The molecule has 0 aliphatic rings. The van der Waals surface area contributed by atoms with Crippen LogP contribution in [0.15, 0.2) is 12.6 Å². The highest BCUT2D eigenvalue weighted by Gasteiger charge is 2.22. The van der Waals surface area contributed by atoms with Crippen LogP contribution in [0.4, 0.5) is 0 Å². The maximum atomic E-state index is 5.29. The van der Waals surface area contributed by atoms with Crippen molar-refractivity contribution < 1.29 is 4.43 Å². The number of aryl methyl sites for hydroxylation is 1. The fourth-order valence-corrected chi connectivity index (χ4v) is 2.71. The van der Waals surface area contributed by atoms with Gasteiger partial charge in [0.15, 0.2) is 0 Å². The first-order valence-corrected chi connectivity index (χ1v) is 5.84. The SMILES string of the molecule is C=Cc1cc(C)c(C(C)(C)C)c(C)c1O[Si]. The molecule has 0 spiro atoms. The van der Waals surface area contributed by atoms with E-state index in [1.54, 1.807) is 0 Å². The highest BCUT2D eigenvalue weighted by molar-refractivity contribution is 6.00. The quantitative estimate of drug-likeness (QED) is 0.705. The molecule has 0 N–H and O–H groups in total. The molecule has 1 rings (SSSR count). The summed E-state index contributed by atoms with van der Waals surface area (Å²) in [5.41, 5.74) is 4.95. The van der Waals surface area contributed by atoms with Gasteiger partial charge < -0.3 is 4.43 Å². The molecule has 0 saturated carbocycles. The summed E-state index contributed by atoms with van der Waals surface area (Å²) in [7, 11) is 3.13. The Hall–Kier alpha value is -1.02. The van der Waals surface area contributed by atoms with Gasteiger partial charge >= 0.3 is 10.5 Å². The lowest BCUT2D eigenvalue weighted by molar-refractivity contribution is 0.562. The smallest absolute Gasteiger partial charge is 0.341 e. The van der Waals surface area contributed by atoms with Gasteiger partial charge in [0.1, 0.15) is 5.75 Å². The summed E-state index contributed by atoms with van der Waals surface area (Å²) in [6.45, 7) is 14.7. The molecule has 1 aromatic carbocycles. The van der Waals surface area contributed by atoms with Crippen LogP contribution in [0.1, 0.15) is 43.0 Å². The Labute approximate surface area is 102 Å². The van der Waals surface area contributed by atoms with Crippen molar-refractivity contribution in [3.8, 4) is 5.75 Å². The van der Waals surface area contributed by atoms with Gasteiger partial charge in [-0.3, -0.25) is 0 Å². The Balaban J connectivity index is 3.60. The zero-order valence-corrected chi connectivity index (χ0v) is 11.8. The van der Waals surface area contributed by atoms with Crippen molar-refractivity contribution in [1.82, 2.24) is 0 Å². The van der Waals surface area contributed by atoms with E-state index in [4.69, 9.17) is 4.43 Å². The highest BCUT2D eigenvalue weighted by atomic mass is 28.2. The highest BCUT2D eigenvalue weighted by Crippen LogP contribution is 2.36. The van der Waals surface area contributed by atoms with Crippen LogP contribution in [0, 0.1) is 13.8 Å². The van der Waals surface area contributed by atoms with E-state index in [-0.39, 0.29) is 5.41 Å². The normalized spacial score (nSPS) is 11.4. The van der Waals surface area contributed by atoms with Gasteiger partial charge in [0, 0.05) is 5.56 Å². The molecule has 0 heterocycles. The van der Waals surface area contributed by atoms with Crippen LogP contribution >= 0.6 is 0 Å². The molecule has 0 fully saturated rings. The van der Waals surface area contributed by atoms with Crippen molar-refractivity contribution in [2.24, 2.45) is 0 Å². The summed E-state index contributed by atoms with van der Waals surface area (Å²) in [5, 5.41) is 0. The van der Waals surface area contributed by atoms with E-state index in [1.807, 2.05) is 6.08 Å². The number of hydrogen-bond acceptors (Lipinski definition) is 1. The zero-order valence-electron chi connectivity index (χ0n) is 10.8. The van der Waals surface area contributed by atoms with Crippen molar-refractivity contribution in [2.75, 3.05) is 0 Å². The van der Waals surface area contributed by atoms with Gasteiger partial charge in [-0.2, -0.15) is 0 Å². The summed E-state index contributed by atoms with van der Waals surface area (Å²) in [5.74, 6) is 0.863. The van der Waals surface area contributed by atoms with Crippen LogP contribution in [0.5, 0.6) is 5.75 Å². The van der Waals surface area contributed by atoms with Crippen LogP contribution < -0.4 is 4.43 Å². The Morgan fingerprint density at radius 3 is 2.25 bits per heavy atom. The molecule has 3 radical (unpaired) electrons. The molecule has 0 aromatic heterocycles. The Morgan fingerprint density at radius 1 is 1.31 bits per heavy atom. The molecule has 85 valence electrons. The van der Waals surface area contributed by atoms with E-state index in [0.717, 1.165) is 11.3 Å². The molecule has 0 aliphatic carbocycles. The van der Waals surface area contributed by atoms with Crippen molar-refractivity contribution in [1.29, 1.82) is 0 Å². The van der Waals surface area contributed by atoms with Crippen molar-refractivity contribution in [2.45, 2.75) is 40.0 Å². The predicted molar refractivity (Wildman–Crippen MR) is 71.1 cm³/mol. The third-order valence-electron chi connectivity index (χ3n) is 2.82. The minimum absolute atomic E-state index is 0.118. The fourth-order valence-electron chi connectivity index (χ4n) is 2.44. The van der Waals surface area contributed by atoms with E-state index >= 15 is 0 Å². The first-order valence-electron chi connectivity index (χ1n) is 5.43. The molecule has 0 atom stereocenters. The maximum Gasteiger partial charge on any atom is 0.341 e. The maximum absolute atomic E-state index is 5.29. The molecule has 0 unspecified atom stereocenters. The Kier molecular flexibility index (Phi) is 3.63. The summed E-state index contributed by atoms with van der Waals surface area (Å²) in [4.78, 5) is 0. The second-order valence-corrected chi connectivity index (χ2v) is 5.37. The predicted octanol–water partition coefficient (Wildman–Crippen LogP) is 3.71. The lowest BCUT2D eigenvalue weighted by atomic mass is 9.80. The van der Waals surface area contributed by atoms with Gasteiger partial charge in [-0.15, -0.1) is 0 Å². The van der Waals surface area contributed by atoms with Crippen LogP contribution in [0.25, 0.3) is 6.08 Å². The molecule has 0 amide bonds. The molecule has 1 nitrogen and oxygen atoms in total. The summed E-state index contributed by atoms with van der Waals surface area (Å²) in [6, 6.07) is 2.12. The van der Waals surface area contributed by atoms with E-state index < -0.39 is 0 Å².